The van der Waals surface area contributed by atoms with E-state index in [1.807, 2.05) is 44.2 Å². The maximum Gasteiger partial charge on any atom is 0.246 e. The first-order valence-electron chi connectivity index (χ1n) is 8.16. The molecule has 0 spiro atoms. The Balaban J connectivity index is 1.80. The number of halogens is 1. The number of nitrogens with one attached hydrogen (secondary N) is 2. The molecule has 0 aromatic heterocycles. The maximum atomic E-state index is 12.8. The molecule has 0 fully saturated rings. The fourth-order valence-corrected chi connectivity index (χ4v) is 3.11. The first kappa shape index (κ1) is 17.3. The Morgan fingerprint density at radius 2 is 2.08 bits per heavy atom. The number of para-hydroxylation sites is 2. The Bertz CT molecular complexity index is 822. The predicted octanol–water partition coefficient (Wildman–Crippen LogP) is 3.82. The molecule has 0 saturated heterocycles. The topological polar surface area (TPSA) is 61.4 Å². The second-order valence-corrected chi connectivity index (χ2v) is 6.61. The normalized spacial score (nSPS) is 16.7. The molecule has 2 amide bonds. The maximum absolute atomic E-state index is 12.8. The molecule has 0 radical (unpaired) electrons. The van der Waals surface area contributed by atoms with E-state index in [0.717, 1.165) is 16.9 Å². The minimum Gasteiger partial charge on any atom is -0.376 e. The van der Waals surface area contributed by atoms with Gasteiger partial charge in [-0.2, -0.15) is 0 Å². The number of hydrogen-bond acceptors (Lipinski definition) is 3. The zero-order chi connectivity index (χ0) is 18.0. The number of carbonyl (C=O) groups excluding carboxylic acids is 2. The summed E-state index contributed by atoms with van der Waals surface area (Å²) in [5.74, 6) is -0.193. The Morgan fingerprint density at radius 1 is 1.32 bits per heavy atom. The van der Waals surface area contributed by atoms with Crippen molar-refractivity contribution < 1.29 is 9.59 Å². The fourth-order valence-electron chi connectivity index (χ4n) is 2.93. The SMILES string of the molecule is Cc1ccc(NCC(=O)N2c3ccccc3NC(=O)C[C@@H]2C)cc1Cl. The van der Waals surface area contributed by atoms with Crippen molar-refractivity contribution in [3.8, 4) is 0 Å². The van der Waals surface area contributed by atoms with Gasteiger partial charge in [-0.15, -0.1) is 0 Å². The Hall–Kier alpha value is -2.53. The highest BCUT2D eigenvalue weighted by atomic mass is 35.5. The first-order valence-corrected chi connectivity index (χ1v) is 8.54. The van der Waals surface area contributed by atoms with Crippen molar-refractivity contribution in [2.45, 2.75) is 26.3 Å². The third-order valence-electron chi connectivity index (χ3n) is 4.24. The molecule has 25 heavy (non-hydrogen) atoms. The lowest BCUT2D eigenvalue weighted by molar-refractivity contribution is -0.118. The highest BCUT2D eigenvalue weighted by Crippen LogP contribution is 2.31. The highest BCUT2D eigenvalue weighted by molar-refractivity contribution is 6.31. The van der Waals surface area contributed by atoms with E-state index in [1.54, 1.807) is 17.0 Å². The summed E-state index contributed by atoms with van der Waals surface area (Å²) in [6.45, 7) is 3.92. The van der Waals surface area contributed by atoms with E-state index in [4.69, 9.17) is 11.6 Å². The quantitative estimate of drug-likeness (QED) is 0.877. The van der Waals surface area contributed by atoms with E-state index in [2.05, 4.69) is 10.6 Å². The number of amides is 2. The van der Waals surface area contributed by atoms with Gasteiger partial charge < -0.3 is 15.5 Å². The van der Waals surface area contributed by atoms with E-state index >= 15 is 0 Å². The van der Waals surface area contributed by atoms with Gasteiger partial charge in [0, 0.05) is 23.2 Å². The average Bonchev–Trinajstić information content (AvgIpc) is 2.70. The molecule has 2 aromatic carbocycles. The number of nitrogens with zero attached hydrogens (tertiary/aromatic N) is 1. The van der Waals surface area contributed by atoms with Crippen LogP contribution in [0.2, 0.25) is 5.02 Å². The summed E-state index contributed by atoms with van der Waals surface area (Å²) in [4.78, 5) is 26.5. The van der Waals surface area contributed by atoms with Gasteiger partial charge in [0.1, 0.15) is 0 Å². The highest BCUT2D eigenvalue weighted by Gasteiger charge is 2.29. The van der Waals surface area contributed by atoms with Crippen LogP contribution >= 0.6 is 11.6 Å². The second-order valence-electron chi connectivity index (χ2n) is 6.20. The predicted molar refractivity (Wildman–Crippen MR) is 101 cm³/mol. The lowest BCUT2D eigenvalue weighted by Crippen LogP contribution is -2.42. The zero-order valence-electron chi connectivity index (χ0n) is 14.2. The number of hydrogen-bond donors (Lipinski definition) is 2. The van der Waals surface area contributed by atoms with Crippen LogP contribution in [0, 0.1) is 6.92 Å². The average molecular weight is 358 g/mol. The molecule has 0 bridgehead atoms. The van der Waals surface area contributed by atoms with E-state index in [-0.39, 0.29) is 30.8 Å². The molecule has 0 saturated carbocycles. The number of benzene rings is 2. The third-order valence-corrected chi connectivity index (χ3v) is 4.65. The van der Waals surface area contributed by atoms with Crippen molar-refractivity contribution in [3.63, 3.8) is 0 Å². The molecule has 0 aliphatic carbocycles. The number of fused-ring (bicyclic) bond motifs is 1. The van der Waals surface area contributed by atoms with Crippen LogP contribution in [-0.2, 0) is 9.59 Å². The van der Waals surface area contributed by atoms with Crippen LogP contribution in [0.1, 0.15) is 18.9 Å². The molecule has 0 unspecified atom stereocenters. The second kappa shape index (κ2) is 7.15. The van der Waals surface area contributed by atoms with Crippen LogP contribution in [0.3, 0.4) is 0 Å². The molecular weight excluding hydrogens is 338 g/mol. The summed E-state index contributed by atoms with van der Waals surface area (Å²) in [7, 11) is 0. The van der Waals surface area contributed by atoms with Crippen molar-refractivity contribution in [1.29, 1.82) is 0 Å². The van der Waals surface area contributed by atoms with Gasteiger partial charge in [0.25, 0.3) is 0 Å². The number of aryl methyl sites for hydroxylation is 1. The summed E-state index contributed by atoms with van der Waals surface area (Å²) in [6.07, 6.45) is 0.261. The van der Waals surface area contributed by atoms with E-state index in [0.29, 0.717) is 10.7 Å². The minimum atomic E-state index is -0.223. The molecular formula is C19H20ClN3O2. The van der Waals surface area contributed by atoms with Gasteiger partial charge in [-0.05, 0) is 43.7 Å². The standard InChI is InChI=1S/C19H20ClN3O2/c1-12-7-8-14(10-15(12)20)21-11-19(25)23-13(2)9-18(24)22-16-5-3-4-6-17(16)23/h3-8,10,13,21H,9,11H2,1-2H3,(H,22,24)/t13-/m0/s1. The van der Waals surface area contributed by atoms with Crippen molar-refractivity contribution in [2.75, 3.05) is 22.1 Å². The molecule has 1 heterocycles. The zero-order valence-corrected chi connectivity index (χ0v) is 14.9. The molecule has 6 heteroatoms. The van der Waals surface area contributed by atoms with Crippen LogP contribution in [0.15, 0.2) is 42.5 Å². The van der Waals surface area contributed by atoms with Crippen LogP contribution in [-0.4, -0.2) is 24.4 Å². The van der Waals surface area contributed by atoms with Gasteiger partial charge >= 0.3 is 0 Å². The summed E-state index contributed by atoms with van der Waals surface area (Å²) in [5, 5.41) is 6.62. The molecule has 2 aromatic rings. The van der Waals surface area contributed by atoms with Crippen LogP contribution in [0.4, 0.5) is 17.1 Å². The van der Waals surface area contributed by atoms with Crippen LogP contribution in [0.25, 0.3) is 0 Å². The van der Waals surface area contributed by atoms with Crippen molar-refractivity contribution in [1.82, 2.24) is 0 Å². The number of anilines is 3. The molecule has 130 valence electrons. The Kier molecular flexibility index (Phi) is 4.95. The van der Waals surface area contributed by atoms with E-state index in [9.17, 15) is 9.59 Å². The molecule has 5 nitrogen and oxygen atoms in total. The van der Waals surface area contributed by atoms with Gasteiger partial charge in [0.2, 0.25) is 11.8 Å². The van der Waals surface area contributed by atoms with Crippen molar-refractivity contribution >= 4 is 40.5 Å². The third kappa shape index (κ3) is 3.77. The van der Waals surface area contributed by atoms with E-state index < -0.39 is 0 Å². The molecule has 2 N–H and O–H groups in total. The summed E-state index contributed by atoms with van der Waals surface area (Å²) in [5.41, 5.74) is 3.14. The fraction of sp³-hybridized carbons (Fsp3) is 0.263. The first-order chi connectivity index (χ1) is 12.0. The minimum absolute atomic E-state index is 0.0893. The van der Waals surface area contributed by atoms with E-state index in [1.165, 1.54) is 0 Å². The van der Waals surface area contributed by atoms with Crippen LogP contribution in [0.5, 0.6) is 0 Å². The lowest BCUT2D eigenvalue weighted by atomic mass is 10.1. The van der Waals surface area contributed by atoms with Gasteiger partial charge in [-0.25, -0.2) is 0 Å². The smallest absolute Gasteiger partial charge is 0.246 e. The van der Waals surface area contributed by atoms with Crippen molar-refractivity contribution in [3.05, 3.63) is 53.1 Å². The Labute approximate surface area is 152 Å². The molecule has 1 atom stereocenters. The molecule has 3 rings (SSSR count). The van der Waals surface area contributed by atoms with Crippen molar-refractivity contribution in [2.24, 2.45) is 0 Å². The molecule has 1 aliphatic rings. The van der Waals surface area contributed by atoms with Crippen LogP contribution < -0.4 is 15.5 Å². The molecule has 1 aliphatic heterocycles. The van der Waals surface area contributed by atoms with Gasteiger partial charge in [-0.3, -0.25) is 9.59 Å². The summed E-state index contributed by atoms with van der Waals surface area (Å²) < 4.78 is 0. The Morgan fingerprint density at radius 3 is 2.84 bits per heavy atom. The van der Waals surface area contributed by atoms with Gasteiger partial charge in [0.05, 0.1) is 17.9 Å². The lowest BCUT2D eigenvalue weighted by Gasteiger charge is -2.28. The number of rotatable bonds is 3. The summed E-state index contributed by atoms with van der Waals surface area (Å²) in [6, 6.07) is 12.7. The van der Waals surface area contributed by atoms with Gasteiger partial charge in [-0.1, -0.05) is 29.8 Å². The monoisotopic (exact) mass is 357 g/mol. The number of carbonyl (C=O) groups is 2. The summed E-state index contributed by atoms with van der Waals surface area (Å²) >= 11 is 6.12. The largest absolute Gasteiger partial charge is 0.376 e. The van der Waals surface area contributed by atoms with Gasteiger partial charge in [0.15, 0.2) is 0 Å².